The number of nitrogen functional groups attached to an aromatic ring is 1. The van der Waals surface area contributed by atoms with Gasteiger partial charge in [-0.1, -0.05) is 42.4 Å². The van der Waals surface area contributed by atoms with Gasteiger partial charge in [-0.2, -0.15) is 0 Å². The van der Waals surface area contributed by atoms with Gasteiger partial charge in [0.25, 0.3) is 0 Å². The third-order valence-corrected chi connectivity index (χ3v) is 5.41. The molecule has 1 fully saturated rings. The van der Waals surface area contributed by atoms with Crippen molar-refractivity contribution in [1.82, 2.24) is 20.2 Å². The lowest BCUT2D eigenvalue weighted by Gasteiger charge is -2.18. The largest absolute Gasteiger partial charge is 0.383 e. The summed E-state index contributed by atoms with van der Waals surface area (Å²) in [4.78, 5) is 34.3. The number of nitrogens with one attached hydrogen (secondary N) is 1. The molecule has 142 valence electrons. The van der Waals surface area contributed by atoms with E-state index >= 15 is 0 Å². The molecule has 1 aromatic carbocycles. The average molecular weight is 406 g/mol. The number of nitrogens with zero attached hydrogens (tertiary/aromatic N) is 3. The number of hydrogen-bond donors (Lipinski definition) is 2. The van der Waals surface area contributed by atoms with E-state index in [0.29, 0.717) is 35.5 Å². The summed E-state index contributed by atoms with van der Waals surface area (Å²) in [6.45, 7) is 4.57. The van der Waals surface area contributed by atoms with Crippen molar-refractivity contribution in [3.05, 3.63) is 35.0 Å². The van der Waals surface area contributed by atoms with Crippen LogP contribution in [0.3, 0.4) is 0 Å². The van der Waals surface area contributed by atoms with Crippen molar-refractivity contribution in [2.24, 2.45) is 0 Å². The zero-order chi connectivity index (χ0) is 19.6. The van der Waals surface area contributed by atoms with E-state index in [9.17, 15) is 9.59 Å². The number of halogens is 1. The number of carbonyl (C=O) groups is 2. The molecule has 1 aliphatic heterocycles. The Labute approximate surface area is 166 Å². The molecule has 1 saturated heterocycles. The number of amides is 3. The predicted octanol–water partition coefficient (Wildman–Crippen LogP) is 2.97. The number of benzene rings is 1. The third-order valence-electron chi connectivity index (χ3n) is 4.21. The first kappa shape index (κ1) is 19.4. The number of anilines is 1. The molecule has 0 saturated carbocycles. The molecule has 0 spiro atoms. The smallest absolute Gasteiger partial charge is 0.324 e. The average Bonchev–Trinajstić information content (AvgIpc) is 3.07. The molecule has 2 heterocycles. The van der Waals surface area contributed by atoms with Crippen molar-refractivity contribution in [2.75, 3.05) is 18.8 Å². The molecule has 9 heteroatoms. The molecule has 7 nitrogen and oxygen atoms in total. The molecule has 2 aromatic rings. The molecule has 1 aromatic heterocycles. The Balaban J connectivity index is 1.85. The number of nitrogens with two attached hydrogens (primary N) is 1. The van der Waals surface area contributed by atoms with E-state index in [2.05, 4.69) is 15.3 Å². The summed E-state index contributed by atoms with van der Waals surface area (Å²) in [7, 11) is 0. The van der Waals surface area contributed by atoms with E-state index in [1.54, 1.807) is 19.1 Å². The number of carbonyl (C=O) groups excluding carboxylic acids is 2. The molecule has 0 radical (unpaired) electrons. The lowest BCUT2D eigenvalue weighted by atomic mass is 10.0. The van der Waals surface area contributed by atoms with Crippen LogP contribution in [-0.4, -0.2) is 45.1 Å². The molecular weight excluding hydrogens is 386 g/mol. The second-order valence-corrected chi connectivity index (χ2v) is 7.80. The Morgan fingerprint density at radius 2 is 2.07 bits per heavy atom. The number of rotatable bonds is 5. The molecule has 1 atom stereocenters. The molecule has 3 amide bonds. The van der Waals surface area contributed by atoms with Gasteiger partial charge in [0.05, 0.1) is 10.9 Å². The minimum atomic E-state index is -0.501. The Hall–Kier alpha value is -2.32. The van der Waals surface area contributed by atoms with Crippen LogP contribution in [0, 0.1) is 0 Å². The third kappa shape index (κ3) is 4.17. The van der Waals surface area contributed by atoms with Gasteiger partial charge in [-0.05, 0) is 31.0 Å². The van der Waals surface area contributed by atoms with Crippen molar-refractivity contribution >= 4 is 41.1 Å². The van der Waals surface area contributed by atoms with Gasteiger partial charge in [0.1, 0.15) is 5.82 Å². The molecule has 3 rings (SSSR count). The second kappa shape index (κ2) is 8.14. The van der Waals surface area contributed by atoms with Crippen LogP contribution in [0.2, 0.25) is 5.02 Å². The number of thioether (sulfide) groups is 1. The number of imide groups is 1. The highest BCUT2D eigenvalue weighted by atomic mass is 35.5. The summed E-state index contributed by atoms with van der Waals surface area (Å²) in [6, 6.07) is 6.98. The maximum absolute atomic E-state index is 12.5. The lowest BCUT2D eigenvalue weighted by molar-refractivity contribution is -0.126. The molecule has 27 heavy (non-hydrogen) atoms. The van der Waals surface area contributed by atoms with Gasteiger partial charge in [0.15, 0.2) is 5.16 Å². The molecule has 1 aliphatic rings. The summed E-state index contributed by atoms with van der Waals surface area (Å²) in [5.74, 6) is 0.0854. The number of urea groups is 1. The van der Waals surface area contributed by atoms with E-state index in [4.69, 9.17) is 17.3 Å². The van der Waals surface area contributed by atoms with E-state index in [1.165, 1.54) is 16.7 Å². The highest BCUT2D eigenvalue weighted by Crippen LogP contribution is 2.32. The molecule has 3 N–H and O–H groups in total. The molecule has 1 unspecified atom stereocenters. The number of hydrogen-bond acceptors (Lipinski definition) is 6. The molecular formula is C18H20ClN5O2S. The minimum Gasteiger partial charge on any atom is -0.383 e. The van der Waals surface area contributed by atoms with Gasteiger partial charge >= 0.3 is 6.03 Å². The fourth-order valence-corrected chi connectivity index (χ4v) is 3.84. The highest BCUT2D eigenvalue weighted by Gasteiger charge is 2.30. The fourth-order valence-electron chi connectivity index (χ4n) is 2.85. The quantitative estimate of drug-likeness (QED) is 0.585. The molecule has 0 aliphatic carbocycles. The topological polar surface area (TPSA) is 101 Å². The zero-order valence-electron chi connectivity index (χ0n) is 15.0. The first-order valence-corrected chi connectivity index (χ1v) is 9.84. The van der Waals surface area contributed by atoms with Crippen molar-refractivity contribution in [2.45, 2.75) is 30.7 Å². The first-order chi connectivity index (χ1) is 12.9. The zero-order valence-corrected chi connectivity index (χ0v) is 16.6. The van der Waals surface area contributed by atoms with Gasteiger partial charge in [-0.25, -0.2) is 14.8 Å². The van der Waals surface area contributed by atoms with Gasteiger partial charge in [-0.15, -0.1) is 0 Å². The van der Waals surface area contributed by atoms with E-state index in [-0.39, 0.29) is 11.9 Å². The van der Waals surface area contributed by atoms with E-state index in [0.717, 1.165) is 16.8 Å². The van der Waals surface area contributed by atoms with Crippen molar-refractivity contribution in [3.8, 4) is 11.1 Å². The maximum Gasteiger partial charge on any atom is 0.324 e. The van der Waals surface area contributed by atoms with Crippen LogP contribution >= 0.6 is 23.4 Å². The summed E-state index contributed by atoms with van der Waals surface area (Å²) >= 11 is 7.15. The SMILES string of the molecule is CCc1nc(SC(C)C(=O)N2CCNC2=O)nc(N)c1-c1ccc(Cl)cc1. The summed E-state index contributed by atoms with van der Waals surface area (Å²) < 4.78 is 0. The predicted molar refractivity (Wildman–Crippen MR) is 107 cm³/mol. The maximum atomic E-state index is 12.5. The Bertz CT molecular complexity index is 875. The van der Waals surface area contributed by atoms with Crippen LogP contribution in [0.5, 0.6) is 0 Å². The van der Waals surface area contributed by atoms with Crippen LogP contribution in [-0.2, 0) is 11.2 Å². The highest BCUT2D eigenvalue weighted by molar-refractivity contribution is 8.00. The Kier molecular flexibility index (Phi) is 5.86. The Morgan fingerprint density at radius 3 is 2.67 bits per heavy atom. The van der Waals surface area contributed by atoms with E-state index in [1.807, 2.05) is 19.1 Å². The van der Waals surface area contributed by atoms with Gasteiger partial charge in [0, 0.05) is 23.7 Å². The van der Waals surface area contributed by atoms with Gasteiger partial charge in [-0.3, -0.25) is 9.69 Å². The summed E-state index contributed by atoms with van der Waals surface area (Å²) in [5, 5.41) is 3.18. The monoisotopic (exact) mass is 405 g/mol. The van der Waals surface area contributed by atoms with Gasteiger partial charge < -0.3 is 11.1 Å². The number of aryl methyl sites for hydroxylation is 1. The summed E-state index contributed by atoms with van der Waals surface area (Å²) in [6.07, 6.45) is 0.662. The van der Waals surface area contributed by atoms with Crippen molar-refractivity contribution in [3.63, 3.8) is 0 Å². The standard InChI is InChI=1S/C18H20ClN5O2S/c1-3-13-14(11-4-6-12(19)7-5-11)15(20)23-17(22-13)27-10(2)16(25)24-9-8-21-18(24)26/h4-7,10H,3,8-9H2,1-2H3,(H,21,26)(H2,20,22,23). The van der Waals surface area contributed by atoms with Crippen LogP contribution in [0.4, 0.5) is 10.6 Å². The lowest BCUT2D eigenvalue weighted by Crippen LogP contribution is -2.39. The van der Waals surface area contributed by atoms with Crippen LogP contribution in [0.1, 0.15) is 19.5 Å². The fraction of sp³-hybridized carbons (Fsp3) is 0.333. The van der Waals surface area contributed by atoms with Crippen molar-refractivity contribution < 1.29 is 9.59 Å². The number of aromatic nitrogens is 2. The first-order valence-electron chi connectivity index (χ1n) is 8.59. The van der Waals surface area contributed by atoms with E-state index < -0.39 is 5.25 Å². The summed E-state index contributed by atoms with van der Waals surface area (Å²) in [5.41, 5.74) is 8.67. The van der Waals surface area contributed by atoms with Crippen LogP contribution < -0.4 is 11.1 Å². The van der Waals surface area contributed by atoms with Gasteiger partial charge in [0.2, 0.25) is 5.91 Å². The van der Waals surface area contributed by atoms with Crippen LogP contribution in [0.25, 0.3) is 11.1 Å². The normalized spacial score (nSPS) is 14.9. The van der Waals surface area contributed by atoms with Crippen molar-refractivity contribution in [1.29, 1.82) is 0 Å². The Morgan fingerprint density at radius 1 is 1.37 bits per heavy atom. The second-order valence-electron chi connectivity index (χ2n) is 6.06. The molecule has 0 bridgehead atoms. The minimum absolute atomic E-state index is 0.267. The van der Waals surface area contributed by atoms with Crippen LogP contribution in [0.15, 0.2) is 29.4 Å².